The van der Waals surface area contributed by atoms with Gasteiger partial charge in [-0.1, -0.05) is 13.8 Å². The van der Waals surface area contributed by atoms with Crippen LogP contribution in [0.25, 0.3) is 0 Å². The first-order valence-electron chi connectivity index (χ1n) is 7.09. The Morgan fingerprint density at radius 3 is 2.56 bits per heavy atom. The van der Waals surface area contributed by atoms with Crippen LogP contribution in [-0.4, -0.2) is 31.7 Å². The van der Waals surface area contributed by atoms with Gasteiger partial charge in [-0.3, -0.25) is 4.79 Å². The minimum atomic E-state index is 0.0295. The van der Waals surface area contributed by atoms with E-state index in [0.29, 0.717) is 24.4 Å². The number of hydrogen-bond donors (Lipinski definition) is 2. The van der Waals surface area contributed by atoms with Gasteiger partial charge in [-0.25, -0.2) is 0 Å². The van der Waals surface area contributed by atoms with E-state index < -0.39 is 0 Å². The predicted molar refractivity (Wildman–Crippen MR) is 70.9 cm³/mol. The highest BCUT2D eigenvalue weighted by atomic mass is 16.5. The molecule has 0 spiro atoms. The third kappa shape index (κ3) is 2.54. The van der Waals surface area contributed by atoms with Crippen LogP contribution in [0.5, 0.6) is 0 Å². The third-order valence-electron chi connectivity index (χ3n) is 4.76. The second-order valence-electron chi connectivity index (χ2n) is 6.25. The first kappa shape index (κ1) is 13.8. The van der Waals surface area contributed by atoms with Gasteiger partial charge in [-0.05, 0) is 37.0 Å². The highest BCUT2D eigenvalue weighted by Crippen LogP contribution is 2.47. The topological polar surface area (TPSA) is 64.3 Å². The summed E-state index contributed by atoms with van der Waals surface area (Å²) in [7, 11) is 1.67. The monoisotopic (exact) mass is 254 g/mol. The zero-order valence-corrected chi connectivity index (χ0v) is 11.7. The molecule has 2 aliphatic carbocycles. The number of amides is 1. The zero-order chi connectivity index (χ0) is 13.3. The number of carbonyl (C=O) groups excluding carboxylic acids is 1. The molecule has 2 bridgehead atoms. The lowest BCUT2D eigenvalue weighted by Crippen LogP contribution is -2.50. The fraction of sp³-hybridized carbons (Fsp3) is 0.929. The molecule has 0 aromatic heterocycles. The molecule has 2 saturated carbocycles. The molecular weight excluding hydrogens is 228 g/mol. The molecule has 1 amide bonds. The average molecular weight is 254 g/mol. The van der Waals surface area contributed by atoms with E-state index in [4.69, 9.17) is 10.5 Å². The molecule has 0 aliphatic heterocycles. The molecule has 2 rings (SSSR count). The molecule has 0 radical (unpaired) electrons. The fourth-order valence-electron chi connectivity index (χ4n) is 3.58. The average Bonchev–Trinajstić information content (AvgIpc) is 2.88. The summed E-state index contributed by atoms with van der Waals surface area (Å²) in [6.45, 7) is 4.77. The lowest BCUT2D eigenvalue weighted by molar-refractivity contribution is -0.128. The lowest BCUT2D eigenvalue weighted by atomic mass is 9.84. The van der Waals surface area contributed by atoms with Crippen LogP contribution in [0.4, 0.5) is 0 Å². The SMILES string of the molecule is COCC(NC(=O)C1C2CCC(C2)C1N)C(C)C. The van der Waals surface area contributed by atoms with Crippen molar-refractivity contribution in [3.05, 3.63) is 0 Å². The maximum Gasteiger partial charge on any atom is 0.225 e. The Morgan fingerprint density at radius 2 is 2.06 bits per heavy atom. The van der Waals surface area contributed by atoms with E-state index in [-0.39, 0.29) is 23.9 Å². The van der Waals surface area contributed by atoms with Gasteiger partial charge in [-0.2, -0.15) is 0 Å². The number of nitrogens with two attached hydrogens (primary N) is 1. The molecule has 0 aromatic rings. The molecule has 18 heavy (non-hydrogen) atoms. The van der Waals surface area contributed by atoms with Crippen LogP contribution >= 0.6 is 0 Å². The van der Waals surface area contributed by atoms with Crippen LogP contribution in [0.1, 0.15) is 33.1 Å². The van der Waals surface area contributed by atoms with Crippen molar-refractivity contribution in [2.75, 3.05) is 13.7 Å². The van der Waals surface area contributed by atoms with Crippen LogP contribution in [0.2, 0.25) is 0 Å². The largest absolute Gasteiger partial charge is 0.383 e. The van der Waals surface area contributed by atoms with E-state index in [0.717, 1.165) is 6.42 Å². The summed E-state index contributed by atoms with van der Waals surface area (Å²) in [6.07, 6.45) is 3.53. The summed E-state index contributed by atoms with van der Waals surface area (Å²) in [4.78, 5) is 12.4. The van der Waals surface area contributed by atoms with E-state index >= 15 is 0 Å². The maximum atomic E-state index is 12.4. The van der Waals surface area contributed by atoms with Crippen LogP contribution in [0.15, 0.2) is 0 Å². The molecule has 3 N–H and O–H groups in total. The number of nitrogens with one attached hydrogen (secondary N) is 1. The summed E-state index contributed by atoms with van der Waals surface area (Å²) >= 11 is 0. The number of carbonyl (C=O) groups is 1. The quantitative estimate of drug-likeness (QED) is 0.773. The second kappa shape index (κ2) is 5.57. The van der Waals surface area contributed by atoms with Gasteiger partial charge < -0.3 is 15.8 Å². The molecule has 4 heteroatoms. The molecule has 0 saturated heterocycles. The lowest BCUT2D eigenvalue weighted by Gasteiger charge is -2.30. The van der Waals surface area contributed by atoms with E-state index in [1.165, 1.54) is 12.8 Å². The van der Waals surface area contributed by atoms with Gasteiger partial charge in [0.1, 0.15) is 0 Å². The normalized spacial score (nSPS) is 36.1. The summed E-state index contributed by atoms with van der Waals surface area (Å²) < 4.78 is 5.17. The number of hydrogen-bond acceptors (Lipinski definition) is 3. The Labute approximate surface area is 110 Å². The van der Waals surface area contributed by atoms with Crippen LogP contribution in [-0.2, 0) is 9.53 Å². The van der Waals surface area contributed by atoms with Gasteiger partial charge in [0.25, 0.3) is 0 Å². The number of ether oxygens (including phenoxy) is 1. The minimum Gasteiger partial charge on any atom is -0.383 e. The van der Waals surface area contributed by atoms with Crippen LogP contribution in [0.3, 0.4) is 0 Å². The number of methoxy groups -OCH3 is 1. The predicted octanol–water partition coefficient (Wildman–Crippen LogP) is 1.15. The standard InChI is InChI=1S/C14H26N2O2/c1-8(2)11(7-18-3)16-14(17)12-9-4-5-10(6-9)13(12)15/h8-13H,4-7,15H2,1-3H3,(H,16,17). The van der Waals surface area contributed by atoms with Crippen molar-refractivity contribution in [1.82, 2.24) is 5.32 Å². The molecule has 5 unspecified atom stereocenters. The highest BCUT2D eigenvalue weighted by molar-refractivity contribution is 5.80. The van der Waals surface area contributed by atoms with Crippen LogP contribution < -0.4 is 11.1 Å². The Hall–Kier alpha value is -0.610. The molecular formula is C14H26N2O2. The molecule has 104 valence electrons. The Balaban J connectivity index is 1.95. The Kier molecular flexibility index (Phi) is 4.28. The first-order chi connectivity index (χ1) is 8.54. The van der Waals surface area contributed by atoms with Crippen molar-refractivity contribution in [3.63, 3.8) is 0 Å². The summed E-state index contributed by atoms with van der Waals surface area (Å²) in [6, 6.07) is 0.160. The van der Waals surface area contributed by atoms with Gasteiger partial charge in [0, 0.05) is 13.2 Å². The zero-order valence-electron chi connectivity index (χ0n) is 11.7. The van der Waals surface area contributed by atoms with Gasteiger partial charge in [0.15, 0.2) is 0 Å². The molecule has 2 aliphatic rings. The van der Waals surface area contributed by atoms with E-state index in [1.807, 2.05) is 0 Å². The molecule has 0 heterocycles. The molecule has 5 atom stereocenters. The molecule has 4 nitrogen and oxygen atoms in total. The van der Waals surface area contributed by atoms with Gasteiger partial charge in [0.2, 0.25) is 5.91 Å². The van der Waals surface area contributed by atoms with Gasteiger partial charge in [-0.15, -0.1) is 0 Å². The second-order valence-corrected chi connectivity index (χ2v) is 6.25. The Morgan fingerprint density at radius 1 is 1.39 bits per heavy atom. The van der Waals surface area contributed by atoms with Crippen molar-refractivity contribution in [2.24, 2.45) is 29.4 Å². The van der Waals surface area contributed by atoms with E-state index in [9.17, 15) is 4.79 Å². The van der Waals surface area contributed by atoms with Crippen molar-refractivity contribution < 1.29 is 9.53 Å². The van der Waals surface area contributed by atoms with Crippen molar-refractivity contribution in [2.45, 2.75) is 45.2 Å². The van der Waals surface area contributed by atoms with Crippen molar-refractivity contribution in [3.8, 4) is 0 Å². The fourth-order valence-corrected chi connectivity index (χ4v) is 3.58. The summed E-state index contributed by atoms with van der Waals surface area (Å²) in [5, 5.41) is 3.13. The van der Waals surface area contributed by atoms with Crippen LogP contribution in [0, 0.1) is 23.7 Å². The molecule has 0 aromatic carbocycles. The highest BCUT2D eigenvalue weighted by Gasteiger charge is 2.49. The number of fused-ring (bicyclic) bond motifs is 2. The van der Waals surface area contributed by atoms with E-state index in [1.54, 1.807) is 7.11 Å². The minimum absolute atomic E-state index is 0.0295. The summed E-state index contributed by atoms with van der Waals surface area (Å²) in [5.41, 5.74) is 6.20. The first-order valence-corrected chi connectivity index (χ1v) is 7.09. The van der Waals surface area contributed by atoms with Gasteiger partial charge in [0.05, 0.1) is 18.6 Å². The smallest absolute Gasteiger partial charge is 0.225 e. The van der Waals surface area contributed by atoms with E-state index in [2.05, 4.69) is 19.2 Å². The van der Waals surface area contributed by atoms with Crippen molar-refractivity contribution in [1.29, 1.82) is 0 Å². The van der Waals surface area contributed by atoms with Gasteiger partial charge >= 0.3 is 0 Å². The maximum absolute atomic E-state index is 12.4. The van der Waals surface area contributed by atoms with Crippen molar-refractivity contribution >= 4 is 5.91 Å². The third-order valence-corrected chi connectivity index (χ3v) is 4.76. The molecule has 2 fully saturated rings. The number of rotatable bonds is 5. The summed E-state index contributed by atoms with van der Waals surface area (Å²) in [5.74, 6) is 1.64. The Bertz CT molecular complexity index is 304.